The minimum atomic E-state index is -4.35. The number of fused-ring (bicyclic) bond motifs is 1. The Labute approximate surface area is 264 Å². The van der Waals surface area contributed by atoms with Gasteiger partial charge in [-0.05, 0) is 71.5 Å². The number of rotatable bonds is 10. The number of halogens is 3. The first-order valence-electron chi connectivity index (χ1n) is 15.1. The van der Waals surface area contributed by atoms with Gasteiger partial charge in [0.05, 0.1) is 5.56 Å². The molecular formula is C33H34F3N5O5. The second kappa shape index (κ2) is 13.3. The highest BCUT2D eigenvalue weighted by Crippen LogP contribution is 2.30. The summed E-state index contributed by atoms with van der Waals surface area (Å²) in [6, 6.07) is 21.4. The van der Waals surface area contributed by atoms with Crippen LogP contribution < -0.4 is 19.1 Å². The van der Waals surface area contributed by atoms with E-state index in [-0.39, 0.29) is 24.5 Å². The van der Waals surface area contributed by atoms with Crippen molar-refractivity contribution in [1.82, 2.24) is 14.5 Å². The van der Waals surface area contributed by atoms with Crippen LogP contribution in [0.4, 0.5) is 24.7 Å². The van der Waals surface area contributed by atoms with Crippen LogP contribution in [0.2, 0.25) is 0 Å². The Kier molecular flexibility index (Phi) is 9.02. The van der Waals surface area contributed by atoms with Gasteiger partial charge in [-0.1, -0.05) is 24.3 Å². The first-order chi connectivity index (χ1) is 22.1. The molecule has 0 amide bonds. The van der Waals surface area contributed by atoms with Crippen LogP contribution in [0.3, 0.4) is 0 Å². The van der Waals surface area contributed by atoms with Gasteiger partial charge >= 0.3 is 18.0 Å². The van der Waals surface area contributed by atoms with E-state index in [1.54, 1.807) is 4.57 Å². The maximum atomic E-state index is 12.8. The lowest BCUT2D eigenvalue weighted by atomic mass is 10.1. The van der Waals surface area contributed by atoms with E-state index in [0.717, 1.165) is 55.3 Å². The van der Waals surface area contributed by atoms with Crippen molar-refractivity contribution in [2.45, 2.75) is 51.4 Å². The molecule has 1 aromatic heterocycles. The molecule has 6 rings (SSSR count). The lowest BCUT2D eigenvalue weighted by molar-refractivity contribution is -0.389. The molecule has 3 heterocycles. The third-order valence-corrected chi connectivity index (χ3v) is 8.21. The van der Waals surface area contributed by atoms with Gasteiger partial charge in [-0.15, -0.1) is 0 Å². The van der Waals surface area contributed by atoms with E-state index in [1.165, 1.54) is 18.3 Å². The zero-order chi connectivity index (χ0) is 32.3. The number of aryl methyl sites for hydroxylation is 1. The molecule has 0 radical (unpaired) electrons. The molecule has 0 N–H and O–H groups in total. The van der Waals surface area contributed by atoms with E-state index < -0.39 is 16.7 Å². The highest BCUT2D eigenvalue weighted by atomic mass is 19.4. The highest BCUT2D eigenvalue weighted by Gasteiger charge is 2.30. The number of nitrogens with zero attached hydrogens (tertiary/aromatic N) is 5. The summed E-state index contributed by atoms with van der Waals surface area (Å²) in [6.45, 7) is 6.80. The second-order valence-electron chi connectivity index (χ2n) is 11.6. The molecule has 0 spiro atoms. The summed E-state index contributed by atoms with van der Waals surface area (Å²) < 4.78 is 57.5. The van der Waals surface area contributed by atoms with E-state index in [9.17, 15) is 23.3 Å². The zero-order valence-electron chi connectivity index (χ0n) is 25.2. The van der Waals surface area contributed by atoms with Crippen LogP contribution in [0, 0.1) is 10.1 Å². The number of benzene rings is 3. The van der Waals surface area contributed by atoms with Crippen LogP contribution >= 0.6 is 0 Å². The van der Waals surface area contributed by atoms with E-state index in [2.05, 4.69) is 33.8 Å². The van der Waals surface area contributed by atoms with Crippen molar-refractivity contribution in [2.24, 2.45) is 0 Å². The van der Waals surface area contributed by atoms with E-state index in [1.807, 2.05) is 36.4 Å². The standard InChI is InChI=1S/C33H34F3N5O5/c1-23-18-38(19-24-4-10-28(11-5-24)44-21-25-2-6-26(7-3-25)33(34,35)36)16-17-40(23)27-8-12-29(13-9-27)45-22-30-14-15-39-20-31(41(42)43)37-32(39)46-30/h2-13,20,23,30H,14-19,21-22H2,1H3. The topological polar surface area (TPSA) is 95.1 Å². The highest BCUT2D eigenvalue weighted by molar-refractivity contribution is 5.50. The maximum Gasteiger partial charge on any atom is 0.416 e. The van der Waals surface area contributed by atoms with Crippen LogP contribution in [0.15, 0.2) is 79.0 Å². The van der Waals surface area contributed by atoms with Gasteiger partial charge in [0.15, 0.2) is 0 Å². The average Bonchev–Trinajstić information content (AvgIpc) is 3.48. The number of piperazine rings is 1. The molecule has 46 heavy (non-hydrogen) atoms. The Hall–Kier alpha value is -4.78. The Morgan fingerprint density at radius 3 is 2.28 bits per heavy atom. The van der Waals surface area contributed by atoms with Crippen molar-refractivity contribution >= 4 is 11.5 Å². The van der Waals surface area contributed by atoms with Crippen molar-refractivity contribution in [3.63, 3.8) is 0 Å². The summed E-state index contributed by atoms with van der Waals surface area (Å²) in [5, 5.41) is 11.0. The number of aromatic nitrogens is 2. The lowest BCUT2D eigenvalue weighted by Gasteiger charge is -2.41. The molecule has 0 saturated carbocycles. The molecule has 1 fully saturated rings. The molecule has 2 unspecified atom stereocenters. The summed E-state index contributed by atoms with van der Waals surface area (Å²) in [4.78, 5) is 19.2. The molecule has 2 atom stereocenters. The quantitative estimate of drug-likeness (QED) is 0.147. The van der Waals surface area contributed by atoms with Gasteiger partial charge in [0, 0.05) is 55.9 Å². The molecule has 242 valence electrons. The molecule has 10 nitrogen and oxygen atoms in total. The number of hydrogen-bond donors (Lipinski definition) is 0. The second-order valence-corrected chi connectivity index (χ2v) is 11.6. The Balaban J connectivity index is 0.939. The monoisotopic (exact) mass is 637 g/mol. The fraction of sp³-hybridized carbons (Fsp3) is 0.364. The van der Waals surface area contributed by atoms with Gasteiger partial charge in [-0.2, -0.15) is 13.2 Å². The maximum absolute atomic E-state index is 12.8. The Bertz CT molecular complexity index is 1630. The van der Waals surface area contributed by atoms with E-state index >= 15 is 0 Å². The fourth-order valence-corrected chi connectivity index (χ4v) is 5.73. The number of hydrogen-bond acceptors (Lipinski definition) is 8. The van der Waals surface area contributed by atoms with E-state index in [4.69, 9.17) is 14.2 Å². The van der Waals surface area contributed by atoms with Crippen LogP contribution in [0.25, 0.3) is 0 Å². The number of anilines is 1. The van der Waals surface area contributed by atoms with E-state index in [0.29, 0.717) is 36.9 Å². The predicted octanol–water partition coefficient (Wildman–Crippen LogP) is 6.33. The molecule has 3 aromatic carbocycles. The first kappa shape index (κ1) is 31.2. The minimum Gasteiger partial charge on any atom is -0.490 e. The van der Waals surface area contributed by atoms with Crippen LogP contribution in [-0.2, 0) is 25.9 Å². The third kappa shape index (κ3) is 7.53. The molecule has 0 bridgehead atoms. The van der Waals surface area contributed by atoms with Crippen molar-refractivity contribution in [3.05, 3.63) is 106 Å². The average molecular weight is 638 g/mol. The number of alkyl halides is 3. The van der Waals surface area contributed by atoms with Gasteiger partial charge in [0.1, 0.15) is 37.0 Å². The predicted molar refractivity (Wildman–Crippen MR) is 164 cm³/mol. The minimum absolute atomic E-state index is 0.195. The Morgan fingerprint density at radius 2 is 1.61 bits per heavy atom. The molecule has 2 aliphatic rings. The van der Waals surface area contributed by atoms with Crippen molar-refractivity contribution in [1.29, 1.82) is 0 Å². The summed E-state index contributed by atoms with van der Waals surface area (Å²) >= 11 is 0. The SMILES string of the molecule is CC1CN(Cc2ccc(OCc3ccc(C(F)(F)F)cc3)cc2)CCN1c1ccc(OCC2CCn3cc([N+](=O)[O-])nc3O2)cc1. The molecule has 13 heteroatoms. The molecular weight excluding hydrogens is 603 g/mol. The van der Waals surface area contributed by atoms with Crippen molar-refractivity contribution in [2.75, 3.05) is 31.1 Å². The zero-order valence-corrected chi connectivity index (χ0v) is 25.2. The number of nitro groups is 1. The third-order valence-electron chi connectivity index (χ3n) is 8.21. The first-order valence-corrected chi connectivity index (χ1v) is 15.1. The molecule has 0 aliphatic carbocycles. The summed E-state index contributed by atoms with van der Waals surface area (Å²) in [5.41, 5.74) is 2.28. The van der Waals surface area contributed by atoms with Crippen LogP contribution in [0.5, 0.6) is 17.5 Å². The molecule has 2 aliphatic heterocycles. The van der Waals surface area contributed by atoms with Crippen LogP contribution in [0.1, 0.15) is 30.0 Å². The summed E-state index contributed by atoms with van der Waals surface area (Å²) in [7, 11) is 0. The summed E-state index contributed by atoms with van der Waals surface area (Å²) in [5.74, 6) is 1.17. The smallest absolute Gasteiger partial charge is 0.416 e. The molecule has 4 aromatic rings. The lowest BCUT2D eigenvalue weighted by Crippen LogP contribution is -2.51. The summed E-state index contributed by atoms with van der Waals surface area (Å²) in [6.07, 6.45) is -2.53. The number of imidazole rings is 1. The normalized spacial score (nSPS) is 18.5. The fourth-order valence-electron chi connectivity index (χ4n) is 5.73. The molecule has 1 saturated heterocycles. The number of ether oxygens (including phenoxy) is 3. The van der Waals surface area contributed by atoms with Gasteiger partial charge in [-0.3, -0.25) is 9.47 Å². The Morgan fingerprint density at radius 1 is 0.935 bits per heavy atom. The largest absolute Gasteiger partial charge is 0.490 e. The van der Waals surface area contributed by atoms with Crippen molar-refractivity contribution < 1.29 is 32.3 Å². The van der Waals surface area contributed by atoms with Crippen LogP contribution in [-0.4, -0.2) is 57.8 Å². The van der Waals surface area contributed by atoms with Gasteiger partial charge in [0.25, 0.3) is 0 Å². The van der Waals surface area contributed by atoms with Gasteiger partial charge in [0.2, 0.25) is 0 Å². The van der Waals surface area contributed by atoms with Crippen molar-refractivity contribution in [3.8, 4) is 17.5 Å². The van der Waals surface area contributed by atoms with Gasteiger partial charge < -0.3 is 29.2 Å². The van der Waals surface area contributed by atoms with Gasteiger partial charge in [-0.25, -0.2) is 0 Å².